The minimum atomic E-state index is -4.63. The highest BCUT2D eigenvalue weighted by atomic mass is 32.2. The molecule has 3 aliphatic heterocycles. The standard InChI is InChI=1S/C23H26F4N4O3S.C11H12F4N2/c1-28-35(33,34)17-5-7-20(29-8-2-3-9-29)18(15-17)22(32)31-12-10-30(11-13-31)21-6-4-16(14-19(21)24)23(25,26)27;12-9-7-8(11(13,14)15)1-2-10(9)17-5-3-16-4-6-17/h4-7,14-15,28H,2-3,8-13H2,1H3;1-2,7,16H,3-6H2. The molecule has 52 heavy (non-hydrogen) atoms. The fraction of sp³-hybridized carbons (Fsp3) is 0.441. The Hall–Kier alpha value is -4.16. The van der Waals surface area contributed by atoms with Gasteiger partial charge in [-0.2, -0.15) is 26.3 Å². The quantitative estimate of drug-likeness (QED) is 0.318. The second kappa shape index (κ2) is 15.8. The molecule has 3 aromatic carbocycles. The van der Waals surface area contributed by atoms with Gasteiger partial charge in [-0.3, -0.25) is 4.79 Å². The van der Waals surface area contributed by atoms with Crippen LogP contribution in [0.25, 0.3) is 0 Å². The lowest BCUT2D eigenvalue weighted by molar-refractivity contribution is -0.138. The molecule has 0 atom stereocenters. The summed E-state index contributed by atoms with van der Waals surface area (Å²) in [6, 6.07) is 9.59. The van der Waals surface area contributed by atoms with Gasteiger partial charge < -0.3 is 24.9 Å². The van der Waals surface area contributed by atoms with Crippen LogP contribution in [0.5, 0.6) is 0 Å². The number of rotatable bonds is 6. The van der Waals surface area contributed by atoms with Crippen molar-refractivity contribution in [3.63, 3.8) is 0 Å². The maximum absolute atomic E-state index is 14.4. The summed E-state index contributed by atoms with van der Waals surface area (Å²) in [6.07, 6.45) is -7.18. The van der Waals surface area contributed by atoms with Crippen LogP contribution in [0.1, 0.15) is 34.3 Å². The van der Waals surface area contributed by atoms with E-state index in [4.69, 9.17) is 0 Å². The number of nitrogens with zero attached hydrogens (tertiary/aromatic N) is 4. The second-order valence-corrected chi connectivity index (χ2v) is 14.3. The third kappa shape index (κ3) is 9.06. The Bertz CT molecular complexity index is 1840. The topological polar surface area (TPSA) is 88.2 Å². The molecular formula is C34H38F8N6O3S. The number of anilines is 3. The predicted octanol–water partition coefficient (Wildman–Crippen LogP) is 5.57. The molecule has 1 amide bonds. The molecule has 3 fully saturated rings. The molecule has 3 heterocycles. The first-order valence-electron chi connectivity index (χ1n) is 16.6. The molecule has 9 nitrogen and oxygen atoms in total. The zero-order valence-electron chi connectivity index (χ0n) is 28.1. The van der Waals surface area contributed by atoms with Crippen LogP contribution >= 0.6 is 0 Å². The molecule has 6 rings (SSSR count). The van der Waals surface area contributed by atoms with Crippen LogP contribution in [-0.2, 0) is 22.4 Å². The lowest BCUT2D eigenvalue weighted by atomic mass is 10.1. The molecule has 0 aromatic heterocycles. The van der Waals surface area contributed by atoms with Gasteiger partial charge in [-0.15, -0.1) is 0 Å². The van der Waals surface area contributed by atoms with Crippen molar-refractivity contribution in [2.24, 2.45) is 0 Å². The van der Waals surface area contributed by atoms with Crippen molar-refractivity contribution in [3.8, 4) is 0 Å². The number of hydrogen-bond acceptors (Lipinski definition) is 7. The van der Waals surface area contributed by atoms with Gasteiger partial charge in [-0.05, 0) is 74.5 Å². The van der Waals surface area contributed by atoms with Gasteiger partial charge in [0.15, 0.2) is 0 Å². The van der Waals surface area contributed by atoms with Crippen molar-refractivity contribution in [3.05, 3.63) is 82.9 Å². The number of sulfonamides is 1. The number of alkyl halides is 6. The SMILES string of the molecule is CNS(=O)(=O)c1ccc(N2CCCC2)c(C(=O)N2CCN(c3ccc(C(F)(F)F)cc3F)CC2)c1.Fc1cc(C(F)(F)F)ccc1N1CCNCC1. The van der Waals surface area contributed by atoms with Crippen LogP contribution < -0.4 is 24.7 Å². The third-order valence-corrected chi connectivity index (χ3v) is 10.6. The van der Waals surface area contributed by atoms with Crippen molar-refractivity contribution in [1.29, 1.82) is 0 Å². The summed E-state index contributed by atoms with van der Waals surface area (Å²) in [5.74, 6) is -2.13. The van der Waals surface area contributed by atoms with E-state index in [0.717, 1.165) is 44.1 Å². The highest BCUT2D eigenvalue weighted by molar-refractivity contribution is 7.89. The number of hydrogen-bond donors (Lipinski definition) is 2. The van der Waals surface area contributed by atoms with E-state index < -0.39 is 45.1 Å². The largest absolute Gasteiger partial charge is 0.416 e. The van der Waals surface area contributed by atoms with Crippen molar-refractivity contribution in [2.45, 2.75) is 30.1 Å². The number of halogens is 8. The Labute approximate surface area is 296 Å². The molecule has 2 N–H and O–H groups in total. The summed E-state index contributed by atoms with van der Waals surface area (Å²) in [5, 5.41) is 3.10. The minimum absolute atomic E-state index is 0.0169. The molecule has 0 unspecified atom stereocenters. The zero-order chi connectivity index (χ0) is 37.8. The van der Waals surface area contributed by atoms with E-state index in [-0.39, 0.29) is 53.9 Å². The Balaban J connectivity index is 0.000000257. The van der Waals surface area contributed by atoms with Gasteiger partial charge in [0.25, 0.3) is 5.91 Å². The number of benzene rings is 3. The maximum Gasteiger partial charge on any atom is 0.416 e. The molecular weight excluding hydrogens is 724 g/mol. The molecule has 3 aromatic rings. The molecule has 284 valence electrons. The first-order valence-corrected chi connectivity index (χ1v) is 18.0. The van der Waals surface area contributed by atoms with Gasteiger partial charge >= 0.3 is 12.4 Å². The van der Waals surface area contributed by atoms with Gasteiger partial charge in [0.05, 0.1) is 33.0 Å². The average Bonchev–Trinajstić information content (AvgIpc) is 3.66. The number of amides is 1. The number of carbonyl (C=O) groups excluding carboxylic acids is 1. The van der Waals surface area contributed by atoms with E-state index in [9.17, 15) is 48.3 Å². The molecule has 0 radical (unpaired) electrons. The second-order valence-electron chi connectivity index (χ2n) is 12.4. The summed E-state index contributed by atoms with van der Waals surface area (Å²) in [6.45, 7) is 5.01. The minimum Gasteiger partial charge on any atom is -0.371 e. The molecule has 3 saturated heterocycles. The van der Waals surface area contributed by atoms with Crippen LogP contribution in [0.15, 0.2) is 59.5 Å². The molecule has 3 aliphatic rings. The molecule has 0 spiro atoms. The predicted molar refractivity (Wildman–Crippen MR) is 180 cm³/mol. The Morgan fingerprint density at radius 3 is 1.58 bits per heavy atom. The fourth-order valence-electron chi connectivity index (χ4n) is 6.31. The Kier molecular flexibility index (Phi) is 11.9. The van der Waals surface area contributed by atoms with Crippen LogP contribution in [0.3, 0.4) is 0 Å². The number of nitrogens with one attached hydrogen (secondary N) is 2. The monoisotopic (exact) mass is 762 g/mol. The highest BCUT2D eigenvalue weighted by Gasteiger charge is 2.34. The van der Waals surface area contributed by atoms with Gasteiger partial charge in [0.1, 0.15) is 11.6 Å². The van der Waals surface area contributed by atoms with Crippen LogP contribution in [0, 0.1) is 11.6 Å². The van der Waals surface area contributed by atoms with Crippen molar-refractivity contribution < 1.29 is 48.3 Å². The van der Waals surface area contributed by atoms with Gasteiger partial charge in [-0.25, -0.2) is 21.9 Å². The van der Waals surface area contributed by atoms with Crippen molar-refractivity contribution >= 4 is 33.0 Å². The van der Waals surface area contributed by atoms with Gasteiger partial charge in [0.2, 0.25) is 10.0 Å². The summed E-state index contributed by atoms with van der Waals surface area (Å²) in [4.78, 5) is 20.4. The zero-order valence-corrected chi connectivity index (χ0v) is 28.9. The summed E-state index contributed by atoms with van der Waals surface area (Å²) in [7, 11) is -2.46. The maximum atomic E-state index is 14.4. The molecule has 0 saturated carbocycles. The van der Waals surface area contributed by atoms with Gasteiger partial charge in [-0.1, -0.05) is 0 Å². The van der Waals surface area contributed by atoms with E-state index in [1.54, 1.807) is 20.8 Å². The van der Waals surface area contributed by atoms with E-state index in [2.05, 4.69) is 14.9 Å². The molecule has 18 heteroatoms. The lowest BCUT2D eigenvalue weighted by Crippen LogP contribution is -2.49. The van der Waals surface area contributed by atoms with Crippen LogP contribution in [-0.4, -0.2) is 91.7 Å². The molecule has 0 aliphatic carbocycles. The summed E-state index contributed by atoms with van der Waals surface area (Å²) in [5.41, 5.74) is -0.784. The number of piperazine rings is 2. The smallest absolute Gasteiger partial charge is 0.371 e. The van der Waals surface area contributed by atoms with Crippen LogP contribution in [0.2, 0.25) is 0 Å². The van der Waals surface area contributed by atoms with Gasteiger partial charge in [0, 0.05) is 71.1 Å². The Morgan fingerprint density at radius 1 is 0.654 bits per heavy atom. The highest BCUT2D eigenvalue weighted by Crippen LogP contribution is 2.34. The summed E-state index contributed by atoms with van der Waals surface area (Å²) >= 11 is 0. The normalized spacial score (nSPS) is 17.2. The first-order chi connectivity index (χ1) is 24.5. The van der Waals surface area contributed by atoms with Crippen molar-refractivity contribution in [2.75, 3.05) is 87.2 Å². The Morgan fingerprint density at radius 2 is 1.12 bits per heavy atom. The van der Waals surface area contributed by atoms with E-state index in [1.165, 1.54) is 25.2 Å². The van der Waals surface area contributed by atoms with Crippen molar-refractivity contribution in [1.82, 2.24) is 14.9 Å². The average molecular weight is 763 g/mol. The van der Waals surface area contributed by atoms with E-state index >= 15 is 0 Å². The van der Waals surface area contributed by atoms with E-state index in [0.29, 0.717) is 44.0 Å². The lowest BCUT2D eigenvalue weighted by Gasteiger charge is -2.37. The third-order valence-electron chi connectivity index (χ3n) is 9.14. The molecule has 0 bridgehead atoms. The number of carbonyl (C=O) groups is 1. The van der Waals surface area contributed by atoms with Crippen LogP contribution in [0.4, 0.5) is 52.2 Å². The van der Waals surface area contributed by atoms with E-state index in [1.807, 2.05) is 0 Å². The fourth-order valence-corrected chi connectivity index (χ4v) is 7.07. The first kappa shape index (κ1) is 39.1. The summed E-state index contributed by atoms with van der Waals surface area (Å²) < 4.78 is 131.